The van der Waals surface area contributed by atoms with Crippen molar-refractivity contribution < 1.29 is 19.4 Å². The molecule has 1 saturated heterocycles. The highest BCUT2D eigenvalue weighted by atomic mass is 16.5. The first kappa shape index (κ1) is 15.9. The summed E-state index contributed by atoms with van der Waals surface area (Å²) < 4.78 is 4.64. The fourth-order valence-electron chi connectivity index (χ4n) is 2.51. The van der Waals surface area contributed by atoms with Crippen LogP contribution in [-0.2, 0) is 14.3 Å². The van der Waals surface area contributed by atoms with Gasteiger partial charge in [0.1, 0.15) is 0 Å². The van der Waals surface area contributed by atoms with Gasteiger partial charge in [0.2, 0.25) is 5.91 Å². The monoisotopic (exact) mass is 272 g/mol. The van der Waals surface area contributed by atoms with Gasteiger partial charge in [0, 0.05) is 39.0 Å². The van der Waals surface area contributed by atoms with Crippen molar-refractivity contribution in [3.05, 3.63) is 0 Å². The van der Waals surface area contributed by atoms with Gasteiger partial charge >= 0.3 is 5.97 Å². The number of aliphatic hydroxyl groups is 1. The van der Waals surface area contributed by atoms with Gasteiger partial charge in [-0.2, -0.15) is 0 Å². The van der Waals surface area contributed by atoms with Crippen LogP contribution in [0.4, 0.5) is 0 Å². The van der Waals surface area contributed by atoms with Crippen molar-refractivity contribution in [2.24, 2.45) is 5.92 Å². The van der Waals surface area contributed by atoms with Gasteiger partial charge in [-0.05, 0) is 18.8 Å². The van der Waals surface area contributed by atoms with E-state index in [2.05, 4.69) is 10.1 Å². The van der Waals surface area contributed by atoms with Gasteiger partial charge in [0.15, 0.2) is 0 Å². The van der Waals surface area contributed by atoms with Gasteiger partial charge in [-0.3, -0.25) is 9.59 Å². The van der Waals surface area contributed by atoms with E-state index < -0.39 is 0 Å². The number of ether oxygens (including phenoxy) is 1. The molecule has 1 fully saturated rings. The zero-order valence-electron chi connectivity index (χ0n) is 11.7. The van der Waals surface area contributed by atoms with Crippen LogP contribution in [0.3, 0.4) is 0 Å². The third-order valence-corrected chi connectivity index (χ3v) is 3.51. The molecule has 0 saturated carbocycles. The number of methoxy groups -OCH3 is 1. The maximum absolute atomic E-state index is 11.5. The van der Waals surface area contributed by atoms with E-state index in [4.69, 9.17) is 5.11 Å². The van der Waals surface area contributed by atoms with Gasteiger partial charge in [-0.15, -0.1) is 0 Å². The number of rotatable bonds is 6. The summed E-state index contributed by atoms with van der Waals surface area (Å²) in [5.74, 6) is 0.145. The normalized spacial score (nSPS) is 23.2. The molecule has 2 atom stereocenters. The fourth-order valence-corrected chi connectivity index (χ4v) is 2.51. The molecule has 0 aromatic heterocycles. The minimum Gasteiger partial charge on any atom is -0.469 e. The second kappa shape index (κ2) is 8.12. The zero-order valence-corrected chi connectivity index (χ0v) is 11.7. The Morgan fingerprint density at radius 1 is 1.42 bits per heavy atom. The molecule has 0 aliphatic carbocycles. The number of amides is 1. The first-order valence-corrected chi connectivity index (χ1v) is 6.73. The summed E-state index contributed by atoms with van der Waals surface area (Å²) in [6.07, 6.45) is 2.04. The molecule has 1 rings (SSSR count). The molecule has 6 nitrogen and oxygen atoms in total. The van der Waals surface area contributed by atoms with Crippen molar-refractivity contribution in [1.82, 2.24) is 10.2 Å². The Morgan fingerprint density at radius 2 is 2.16 bits per heavy atom. The molecule has 0 radical (unpaired) electrons. The van der Waals surface area contributed by atoms with E-state index in [1.165, 1.54) is 7.11 Å². The Bertz CT molecular complexity index is 309. The van der Waals surface area contributed by atoms with E-state index in [9.17, 15) is 9.59 Å². The topological polar surface area (TPSA) is 78.9 Å². The molecule has 1 heterocycles. The summed E-state index contributed by atoms with van der Waals surface area (Å²) in [6.45, 7) is 3.54. The lowest BCUT2D eigenvalue weighted by molar-refractivity contribution is -0.141. The molecule has 2 N–H and O–H groups in total. The van der Waals surface area contributed by atoms with Gasteiger partial charge in [0.05, 0.1) is 13.7 Å². The van der Waals surface area contributed by atoms with Crippen LogP contribution in [0.2, 0.25) is 0 Å². The van der Waals surface area contributed by atoms with E-state index >= 15 is 0 Å². The minimum atomic E-state index is -0.209. The number of hydrogen-bond donors (Lipinski definition) is 2. The first-order chi connectivity index (χ1) is 9.06. The molecule has 1 aliphatic heterocycles. The summed E-state index contributed by atoms with van der Waals surface area (Å²) in [4.78, 5) is 24.5. The maximum Gasteiger partial charge on any atom is 0.305 e. The lowest BCUT2D eigenvalue weighted by Gasteiger charge is -2.37. The number of hydrogen-bond acceptors (Lipinski definition) is 5. The average molecular weight is 272 g/mol. The highest BCUT2D eigenvalue weighted by Gasteiger charge is 2.28. The molecular weight excluding hydrogens is 248 g/mol. The van der Waals surface area contributed by atoms with Crippen LogP contribution in [-0.4, -0.2) is 61.3 Å². The van der Waals surface area contributed by atoms with E-state index in [1.807, 2.05) is 0 Å². The SMILES string of the molecule is COC(=O)CCC1CC(NCCO)CN(C(C)=O)C1. The third kappa shape index (κ3) is 5.57. The Labute approximate surface area is 114 Å². The summed E-state index contributed by atoms with van der Waals surface area (Å²) in [7, 11) is 1.39. The van der Waals surface area contributed by atoms with Crippen LogP contribution < -0.4 is 5.32 Å². The van der Waals surface area contributed by atoms with E-state index in [-0.39, 0.29) is 24.5 Å². The van der Waals surface area contributed by atoms with Crippen molar-refractivity contribution in [1.29, 1.82) is 0 Å². The van der Waals surface area contributed by atoms with E-state index in [1.54, 1.807) is 11.8 Å². The number of carbonyl (C=O) groups excluding carboxylic acids is 2. The number of piperidine rings is 1. The highest BCUT2D eigenvalue weighted by Crippen LogP contribution is 2.21. The number of esters is 1. The lowest BCUT2D eigenvalue weighted by Crippen LogP contribution is -2.51. The standard InChI is InChI=1S/C13H24N2O4/c1-10(17)15-8-11(3-4-13(18)19-2)7-12(9-15)14-5-6-16/h11-12,14,16H,3-9H2,1-2H3. The van der Waals surface area contributed by atoms with E-state index in [0.717, 1.165) is 12.8 Å². The summed E-state index contributed by atoms with van der Waals surface area (Å²) >= 11 is 0. The lowest BCUT2D eigenvalue weighted by atomic mass is 9.90. The molecule has 0 aromatic rings. The van der Waals surface area contributed by atoms with Crippen LogP contribution in [0.1, 0.15) is 26.2 Å². The summed E-state index contributed by atoms with van der Waals surface area (Å²) in [5, 5.41) is 12.1. The molecule has 110 valence electrons. The second-order valence-electron chi connectivity index (χ2n) is 5.02. The number of aliphatic hydroxyl groups excluding tert-OH is 1. The minimum absolute atomic E-state index is 0.0542. The van der Waals surface area contributed by atoms with Crippen molar-refractivity contribution in [3.63, 3.8) is 0 Å². The predicted octanol–water partition coefficient (Wildman–Crippen LogP) is -0.241. The van der Waals surface area contributed by atoms with Gasteiger partial charge in [-0.25, -0.2) is 0 Å². The maximum atomic E-state index is 11.5. The Balaban J connectivity index is 2.49. The highest BCUT2D eigenvalue weighted by molar-refractivity contribution is 5.73. The van der Waals surface area contributed by atoms with Crippen molar-refractivity contribution in [2.75, 3.05) is 33.4 Å². The first-order valence-electron chi connectivity index (χ1n) is 6.73. The van der Waals surface area contributed by atoms with Crippen molar-refractivity contribution in [3.8, 4) is 0 Å². The second-order valence-corrected chi connectivity index (χ2v) is 5.02. The Kier molecular flexibility index (Phi) is 6.80. The fraction of sp³-hybridized carbons (Fsp3) is 0.846. The average Bonchev–Trinajstić information content (AvgIpc) is 2.42. The molecule has 6 heteroatoms. The third-order valence-electron chi connectivity index (χ3n) is 3.51. The Morgan fingerprint density at radius 3 is 2.74 bits per heavy atom. The molecular formula is C13H24N2O4. The number of nitrogens with zero attached hydrogens (tertiary/aromatic N) is 1. The van der Waals surface area contributed by atoms with Gasteiger partial charge in [-0.1, -0.05) is 0 Å². The summed E-state index contributed by atoms with van der Waals surface area (Å²) in [6, 6.07) is 0.187. The molecule has 0 spiro atoms. The zero-order chi connectivity index (χ0) is 14.3. The van der Waals surface area contributed by atoms with E-state index in [0.29, 0.717) is 32.0 Å². The number of likely N-dealkylation sites (tertiary alicyclic amines) is 1. The van der Waals surface area contributed by atoms with Crippen LogP contribution in [0, 0.1) is 5.92 Å². The smallest absolute Gasteiger partial charge is 0.305 e. The molecule has 2 unspecified atom stereocenters. The van der Waals surface area contributed by atoms with Gasteiger partial charge in [0.25, 0.3) is 0 Å². The molecule has 1 aliphatic rings. The largest absolute Gasteiger partial charge is 0.469 e. The van der Waals surface area contributed by atoms with Gasteiger partial charge < -0.3 is 20.1 Å². The Hall–Kier alpha value is -1.14. The van der Waals surface area contributed by atoms with Crippen molar-refractivity contribution >= 4 is 11.9 Å². The van der Waals surface area contributed by atoms with Crippen LogP contribution >= 0.6 is 0 Å². The van der Waals surface area contributed by atoms with Crippen LogP contribution in [0.5, 0.6) is 0 Å². The molecule has 1 amide bonds. The molecule has 0 aromatic carbocycles. The summed E-state index contributed by atoms with van der Waals surface area (Å²) in [5.41, 5.74) is 0. The quantitative estimate of drug-likeness (QED) is 0.652. The van der Waals surface area contributed by atoms with Crippen LogP contribution in [0.15, 0.2) is 0 Å². The van der Waals surface area contributed by atoms with Crippen LogP contribution in [0.25, 0.3) is 0 Å². The number of carbonyl (C=O) groups is 2. The number of nitrogens with one attached hydrogen (secondary N) is 1. The predicted molar refractivity (Wildman–Crippen MR) is 70.5 cm³/mol. The molecule has 0 bridgehead atoms. The van der Waals surface area contributed by atoms with Crippen molar-refractivity contribution in [2.45, 2.75) is 32.2 Å². The molecule has 19 heavy (non-hydrogen) atoms.